The normalized spacial score (nSPS) is 10.8. The molecule has 0 fully saturated rings. The second-order valence-electron chi connectivity index (χ2n) is 6.20. The Morgan fingerprint density at radius 3 is 2.81 bits per heavy atom. The predicted octanol–water partition coefficient (Wildman–Crippen LogP) is 3.85. The van der Waals surface area contributed by atoms with Gasteiger partial charge < -0.3 is 9.73 Å². The first kappa shape index (κ1) is 19.0. The first-order chi connectivity index (χ1) is 13.0. The molecule has 0 atom stereocenters. The molecule has 7 heteroatoms. The van der Waals surface area contributed by atoms with Crippen LogP contribution >= 0.6 is 11.8 Å². The second-order valence-corrected chi connectivity index (χ2v) is 7.15. The fourth-order valence-corrected chi connectivity index (χ4v) is 3.47. The highest BCUT2D eigenvalue weighted by Crippen LogP contribution is 2.31. The van der Waals surface area contributed by atoms with Gasteiger partial charge >= 0.3 is 0 Å². The van der Waals surface area contributed by atoms with Gasteiger partial charge in [0.05, 0.1) is 23.3 Å². The standard InChI is InChI=1S/C20H22N4O2S/c1-5-9-21-18(25)12-27-20-23-22-19(16-8-10-26-15(16)4)24(20)17-11-13(2)6-7-14(17)3/h5-8,10-11H,1,9,12H2,2-4H3,(H,21,25). The van der Waals surface area contributed by atoms with Crippen molar-refractivity contribution in [2.75, 3.05) is 12.3 Å². The van der Waals surface area contributed by atoms with Crippen LogP contribution in [0.3, 0.4) is 0 Å². The first-order valence-corrected chi connectivity index (χ1v) is 9.57. The Kier molecular flexibility index (Phi) is 5.81. The number of nitrogens with one attached hydrogen (secondary N) is 1. The summed E-state index contributed by atoms with van der Waals surface area (Å²) in [6.07, 6.45) is 3.29. The minimum absolute atomic E-state index is 0.0727. The molecule has 3 aromatic rings. The van der Waals surface area contributed by atoms with Crippen molar-refractivity contribution in [2.24, 2.45) is 0 Å². The highest BCUT2D eigenvalue weighted by atomic mass is 32.2. The number of carbonyl (C=O) groups excluding carboxylic acids is 1. The van der Waals surface area contributed by atoms with Gasteiger partial charge in [0.25, 0.3) is 0 Å². The van der Waals surface area contributed by atoms with Crippen LogP contribution in [0.5, 0.6) is 0 Å². The zero-order valence-electron chi connectivity index (χ0n) is 15.7. The van der Waals surface area contributed by atoms with Gasteiger partial charge in [-0.15, -0.1) is 16.8 Å². The quantitative estimate of drug-likeness (QED) is 0.496. The number of furan rings is 1. The van der Waals surface area contributed by atoms with Crippen LogP contribution in [0.25, 0.3) is 17.1 Å². The van der Waals surface area contributed by atoms with Crippen molar-refractivity contribution in [3.8, 4) is 17.1 Å². The van der Waals surface area contributed by atoms with E-state index in [0.29, 0.717) is 17.5 Å². The summed E-state index contributed by atoms with van der Waals surface area (Å²) in [7, 11) is 0. The summed E-state index contributed by atoms with van der Waals surface area (Å²) in [5.74, 6) is 1.65. The van der Waals surface area contributed by atoms with Crippen molar-refractivity contribution < 1.29 is 9.21 Å². The van der Waals surface area contributed by atoms with Gasteiger partial charge in [-0.3, -0.25) is 9.36 Å². The lowest BCUT2D eigenvalue weighted by molar-refractivity contribution is -0.118. The maximum Gasteiger partial charge on any atom is 0.230 e. The third-order valence-electron chi connectivity index (χ3n) is 4.11. The Balaban J connectivity index is 2.03. The smallest absolute Gasteiger partial charge is 0.230 e. The number of thioether (sulfide) groups is 1. The van der Waals surface area contributed by atoms with Crippen LogP contribution in [0.15, 0.2) is 52.8 Å². The molecule has 0 unspecified atom stereocenters. The van der Waals surface area contributed by atoms with E-state index in [0.717, 1.165) is 28.1 Å². The molecule has 2 aromatic heterocycles. The summed E-state index contributed by atoms with van der Waals surface area (Å²) in [4.78, 5) is 12.0. The number of rotatable bonds is 7. The third-order valence-corrected chi connectivity index (χ3v) is 5.04. The van der Waals surface area contributed by atoms with Crippen molar-refractivity contribution >= 4 is 17.7 Å². The van der Waals surface area contributed by atoms with Crippen LogP contribution in [-0.4, -0.2) is 33.0 Å². The Morgan fingerprint density at radius 1 is 1.30 bits per heavy atom. The van der Waals surface area contributed by atoms with Gasteiger partial charge in [-0.1, -0.05) is 30.0 Å². The fraction of sp³-hybridized carbons (Fsp3) is 0.250. The summed E-state index contributed by atoms with van der Waals surface area (Å²) in [5.41, 5.74) is 4.11. The molecule has 0 spiro atoms. The predicted molar refractivity (Wildman–Crippen MR) is 107 cm³/mol. The largest absolute Gasteiger partial charge is 0.469 e. The second kappa shape index (κ2) is 8.26. The van der Waals surface area contributed by atoms with E-state index in [1.165, 1.54) is 11.8 Å². The Labute approximate surface area is 162 Å². The van der Waals surface area contributed by atoms with Crippen molar-refractivity contribution in [2.45, 2.75) is 25.9 Å². The van der Waals surface area contributed by atoms with E-state index in [4.69, 9.17) is 4.42 Å². The van der Waals surface area contributed by atoms with E-state index in [1.807, 2.05) is 31.4 Å². The van der Waals surface area contributed by atoms with E-state index in [1.54, 1.807) is 12.3 Å². The average molecular weight is 382 g/mol. The Bertz CT molecular complexity index is 974. The van der Waals surface area contributed by atoms with Crippen molar-refractivity contribution in [3.05, 3.63) is 60.1 Å². The Hall–Kier alpha value is -2.80. The molecular weight excluding hydrogens is 360 g/mol. The molecular formula is C20H22N4O2S. The monoisotopic (exact) mass is 382 g/mol. The van der Waals surface area contributed by atoms with Gasteiger partial charge in [-0.25, -0.2) is 0 Å². The van der Waals surface area contributed by atoms with Crippen LogP contribution in [-0.2, 0) is 4.79 Å². The number of benzene rings is 1. The summed E-state index contributed by atoms with van der Waals surface area (Å²) in [6, 6.07) is 8.12. The maximum absolute atomic E-state index is 12.0. The molecule has 0 aliphatic rings. The van der Waals surface area contributed by atoms with Crippen LogP contribution in [0.2, 0.25) is 0 Å². The van der Waals surface area contributed by atoms with Gasteiger partial charge in [0.1, 0.15) is 5.76 Å². The maximum atomic E-state index is 12.0. The van der Waals surface area contributed by atoms with Gasteiger partial charge in [-0.2, -0.15) is 0 Å². The molecule has 0 saturated carbocycles. The number of carbonyl (C=O) groups is 1. The lowest BCUT2D eigenvalue weighted by Crippen LogP contribution is -2.25. The minimum Gasteiger partial charge on any atom is -0.469 e. The molecule has 0 aliphatic heterocycles. The number of aromatic nitrogens is 3. The first-order valence-electron chi connectivity index (χ1n) is 8.59. The summed E-state index contributed by atoms with van der Waals surface area (Å²) in [6.45, 7) is 10.0. The molecule has 6 nitrogen and oxygen atoms in total. The lowest BCUT2D eigenvalue weighted by Gasteiger charge is -2.13. The molecule has 1 N–H and O–H groups in total. The lowest BCUT2D eigenvalue weighted by atomic mass is 10.1. The molecule has 1 amide bonds. The third kappa shape index (κ3) is 4.14. The van der Waals surface area contributed by atoms with Crippen molar-refractivity contribution in [1.82, 2.24) is 20.1 Å². The van der Waals surface area contributed by atoms with E-state index < -0.39 is 0 Å². The number of nitrogens with zero attached hydrogens (tertiary/aromatic N) is 3. The molecule has 2 heterocycles. The number of aryl methyl sites for hydroxylation is 3. The highest BCUT2D eigenvalue weighted by molar-refractivity contribution is 7.99. The molecule has 27 heavy (non-hydrogen) atoms. The van der Waals surface area contributed by atoms with Gasteiger partial charge in [0, 0.05) is 6.54 Å². The fourth-order valence-electron chi connectivity index (χ4n) is 2.70. The summed E-state index contributed by atoms with van der Waals surface area (Å²) in [5, 5.41) is 12.2. The molecule has 0 radical (unpaired) electrons. The van der Waals surface area contributed by atoms with Gasteiger partial charge in [0.15, 0.2) is 11.0 Å². The van der Waals surface area contributed by atoms with E-state index in [-0.39, 0.29) is 11.7 Å². The molecule has 140 valence electrons. The SMILES string of the molecule is C=CCNC(=O)CSc1nnc(-c2ccoc2C)n1-c1cc(C)ccc1C. The average Bonchev–Trinajstić information content (AvgIpc) is 3.25. The van der Waals surface area contributed by atoms with Gasteiger partial charge in [-0.05, 0) is 44.0 Å². The summed E-state index contributed by atoms with van der Waals surface area (Å²) >= 11 is 1.35. The highest BCUT2D eigenvalue weighted by Gasteiger charge is 2.20. The van der Waals surface area contributed by atoms with Crippen LogP contribution in [0, 0.1) is 20.8 Å². The van der Waals surface area contributed by atoms with E-state index in [2.05, 4.69) is 40.3 Å². The van der Waals surface area contributed by atoms with Gasteiger partial charge in [0.2, 0.25) is 5.91 Å². The number of hydrogen-bond donors (Lipinski definition) is 1. The molecule has 0 saturated heterocycles. The minimum atomic E-state index is -0.0727. The molecule has 1 aromatic carbocycles. The van der Waals surface area contributed by atoms with E-state index >= 15 is 0 Å². The van der Waals surface area contributed by atoms with Crippen LogP contribution in [0.1, 0.15) is 16.9 Å². The summed E-state index contributed by atoms with van der Waals surface area (Å²) < 4.78 is 7.45. The molecule has 0 bridgehead atoms. The number of hydrogen-bond acceptors (Lipinski definition) is 5. The molecule has 3 rings (SSSR count). The topological polar surface area (TPSA) is 73.0 Å². The van der Waals surface area contributed by atoms with Crippen LogP contribution < -0.4 is 5.32 Å². The Morgan fingerprint density at radius 2 is 2.11 bits per heavy atom. The van der Waals surface area contributed by atoms with E-state index in [9.17, 15) is 4.79 Å². The number of amides is 1. The zero-order chi connectivity index (χ0) is 19.4. The van der Waals surface area contributed by atoms with Crippen molar-refractivity contribution in [3.63, 3.8) is 0 Å². The van der Waals surface area contributed by atoms with Crippen molar-refractivity contribution in [1.29, 1.82) is 0 Å². The zero-order valence-corrected chi connectivity index (χ0v) is 16.5. The van der Waals surface area contributed by atoms with Crippen LogP contribution in [0.4, 0.5) is 0 Å². The molecule has 0 aliphatic carbocycles.